The van der Waals surface area contributed by atoms with Crippen LogP contribution in [0, 0.1) is 23.6 Å². The number of piperidine rings is 1. The number of fused-ring (bicyclic) bond motifs is 1. The summed E-state index contributed by atoms with van der Waals surface area (Å²) in [5.41, 5.74) is 1.64. The van der Waals surface area contributed by atoms with Gasteiger partial charge in [0.15, 0.2) is 0 Å². The zero-order valence-electron chi connectivity index (χ0n) is 19.8. The highest BCUT2D eigenvalue weighted by molar-refractivity contribution is 5.93. The summed E-state index contributed by atoms with van der Waals surface area (Å²) in [7, 11) is 0. The zero-order chi connectivity index (χ0) is 24.1. The van der Waals surface area contributed by atoms with Gasteiger partial charge in [-0.3, -0.25) is 9.59 Å². The molecular weight excluding hydrogens is 429 g/mol. The number of carbonyl (C=O) groups is 2. The van der Waals surface area contributed by atoms with Crippen LogP contribution in [0.5, 0.6) is 0 Å². The first-order valence-corrected chi connectivity index (χ1v) is 11.9. The third-order valence-corrected chi connectivity index (χ3v) is 6.34. The Morgan fingerprint density at radius 1 is 0.941 bits per heavy atom. The summed E-state index contributed by atoms with van der Waals surface area (Å²) in [6.07, 6.45) is 0.489. The maximum absolute atomic E-state index is 13.2. The molecule has 4 rings (SSSR count). The van der Waals surface area contributed by atoms with Gasteiger partial charge in [-0.2, -0.15) is 0 Å². The number of hydrogen-bond donors (Lipinski definition) is 2. The second-order valence-corrected chi connectivity index (χ2v) is 9.59. The van der Waals surface area contributed by atoms with Crippen molar-refractivity contribution in [2.75, 3.05) is 25.0 Å². The fourth-order valence-electron chi connectivity index (χ4n) is 4.79. The minimum absolute atomic E-state index is 0.0269. The highest BCUT2D eigenvalue weighted by Gasteiger charge is 2.35. The molecule has 1 fully saturated rings. The highest BCUT2D eigenvalue weighted by atomic mass is 19.1. The van der Waals surface area contributed by atoms with Crippen LogP contribution in [0.1, 0.15) is 25.8 Å². The number of rotatable bonds is 7. The number of amides is 2. The number of nitrogens with one attached hydrogen (secondary N) is 2. The SMILES string of the molecule is CC(C)CN1C[C@@H](C(=O)NCc2cccc3ccccc23)C[C@@H](C(=O)Nc2ccc(F)cc2)C1. The number of anilines is 1. The predicted molar refractivity (Wildman–Crippen MR) is 134 cm³/mol. The standard InChI is InChI=1S/C28H32FN3O2/c1-19(2)16-32-17-22(14-23(18-32)28(34)31-25-12-10-24(29)11-13-25)27(33)30-15-21-8-5-7-20-6-3-4-9-26(20)21/h3-13,19,22-23H,14-18H2,1-2H3,(H,30,33)(H,31,34)/t22-,23+/m0/s1. The second kappa shape index (κ2) is 10.8. The highest BCUT2D eigenvalue weighted by Crippen LogP contribution is 2.25. The van der Waals surface area contributed by atoms with E-state index in [1.807, 2.05) is 24.3 Å². The van der Waals surface area contributed by atoms with E-state index < -0.39 is 0 Å². The average Bonchev–Trinajstić information content (AvgIpc) is 2.83. The minimum atomic E-state index is -0.346. The smallest absolute Gasteiger partial charge is 0.228 e. The van der Waals surface area contributed by atoms with Crippen molar-refractivity contribution in [1.82, 2.24) is 10.2 Å². The van der Waals surface area contributed by atoms with Crippen LogP contribution in [0.4, 0.5) is 10.1 Å². The monoisotopic (exact) mass is 461 g/mol. The number of carbonyl (C=O) groups excluding carboxylic acids is 2. The van der Waals surface area contributed by atoms with Crippen LogP contribution in [-0.4, -0.2) is 36.3 Å². The van der Waals surface area contributed by atoms with Gasteiger partial charge in [-0.05, 0) is 52.9 Å². The summed E-state index contributed by atoms with van der Waals surface area (Å²) in [5, 5.41) is 8.27. The third kappa shape index (κ3) is 6.00. The molecule has 34 heavy (non-hydrogen) atoms. The lowest BCUT2D eigenvalue weighted by atomic mass is 9.87. The molecule has 0 spiro atoms. The average molecular weight is 462 g/mol. The first kappa shape index (κ1) is 23.9. The van der Waals surface area contributed by atoms with Crippen LogP contribution in [0.2, 0.25) is 0 Å². The first-order chi connectivity index (χ1) is 16.4. The molecule has 0 saturated carbocycles. The number of likely N-dealkylation sites (tertiary alicyclic amines) is 1. The second-order valence-electron chi connectivity index (χ2n) is 9.59. The maximum Gasteiger partial charge on any atom is 0.228 e. The Morgan fingerprint density at radius 2 is 1.62 bits per heavy atom. The molecule has 0 aromatic heterocycles. The van der Waals surface area contributed by atoms with Gasteiger partial charge in [0.25, 0.3) is 0 Å². The van der Waals surface area contributed by atoms with Gasteiger partial charge in [0, 0.05) is 31.9 Å². The van der Waals surface area contributed by atoms with Crippen molar-refractivity contribution in [3.63, 3.8) is 0 Å². The molecule has 3 aromatic carbocycles. The van der Waals surface area contributed by atoms with Crippen LogP contribution in [-0.2, 0) is 16.1 Å². The van der Waals surface area contributed by atoms with Crippen molar-refractivity contribution < 1.29 is 14.0 Å². The van der Waals surface area contributed by atoms with Gasteiger partial charge >= 0.3 is 0 Å². The van der Waals surface area contributed by atoms with Crippen LogP contribution < -0.4 is 10.6 Å². The van der Waals surface area contributed by atoms with Crippen LogP contribution in [0.25, 0.3) is 10.8 Å². The van der Waals surface area contributed by atoms with E-state index in [0.717, 1.165) is 22.9 Å². The van der Waals surface area contributed by atoms with E-state index in [4.69, 9.17) is 0 Å². The Labute approximate surface area is 200 Å². The molecule has 178 valence electrons. The Bertz CT molecular complexity index is 1140. The fraction of sp³-hybridized carbons (Fsp3) is 0.357. The molecule has 6 heteroatoms. The van der Waals surface area contributed by atoms with Crippen molar-refractivity contribution in [2.45, 2.75) is 26.8 Å². The molecule has 3 aromatic rings. The lowest BCUT2D eigenvalue weighted by Gasteiger charge is -2.37. The molecule has 1 saturated heterocycles. The summed E-state index contributed by atoms with van der Waals surface area (Å²) in [5.74, 6) is -0.662. The lowest BCUT2D eigenvalue weighted by Crippen LogP contribution is -2.50. The number of benzene rings is 3. The van der Waals surface area contributed by atoms with Gasteiger partial charge in [0.05, 0.1) is 11.8 Å². The Kier molecular flexibility index (Phi) is 7.58. The van der Waals surface area contributed by atoms with Crippen LogP contribution in [0.3, 0.4) is 0 Å². The molecule has 2 N–H and O–H groups in total. The summed E-state index contributed by atoms with van der Waals surface area (Å²) in [4.78, 5) is 28.4. The van der Waals surface area contributed by atoms with Crippen molar-refractivity contribution in [3.05, 3.63) is 78.1 Å². The van der Waals surface area contributed by atoms with Crippen molar-refractivity contribution in [1.29, 1.82) is 0 Å². The molecule has 0 aliphatic carbocycles. The molecular formula is C28H32FN3O2. The largest absolute Gasteiger partial charge is 0.352 e. The summed E-state index contributed by atoms with van der Waals surface area (Å²) in [6, 6.07) is 20.0. The molecule has 0 radical (unpaired) electrons. The van der Waals surface area contributed by atoms with Crippen LogP contribution >= 0.6 is 0 Å². The molecule has 2 amide bonds. The zero-order valence-corrected chi connectivity index (χ0v) is 19.8. The van der Waals surface area contributed by atoms with E-state index in [-0.39, 0.29) is 29.5 Å². The minimum Gasteiger partial charge on any atom is -0.352 e. The fourth-order valence-corrected chi connectivity index (χ4v) is 4.79. The van der Waals surface area contributed by atoms with Gasteiger partial charge in [-0.1, -0.05) is 56.3 Å². The van der Waals surface area contributed by atoms with E-state index in [0.29, 0.717) is 37.7 Å². The van der Waals surface area contributed by atoms with Gasteiger partial charge in [-0.15, -0.1) is 0 Å². The van der Waals surface area contributed by atoms with Crippen molar-refractivity contribution in [3.8, 4) is 0 Å². The third-order valence-electron chi connectivity index (χ3n) is 6.34. The van der Waals surface area contributed by atoms with E-state index in [9.17, 15) is 14.0 Å². The molecule has 1 aliphatic heterocycles. The Morgan fingerprint density at radius 3 is 2.35 bits per heavy atom. The van der Waals surface area contributed by atoms with E-state index in [1.54, 1.807) is 12.1 Å². The number of hydrogen-bond acceptors (Lipinski definition) is 3. The number of halogens is 1. The van der Waals surface area contributed by atoms with E-state index in [1.165, 1.54) is 12.1 Å². The van der Waals surface area contributed by atoms with E-state index in [2.05, 4.69) is 47.6 Å². The Balaban J connectivity index is 1.43. The van der Waals surface area contributed by atoms with Gasteiger partial charge in [0.2, 0.25) is 11.8 Å². The molecule has 0 unspecified atom stereocenters. The molecule has 2 atom stereocenters. The maximum atomic E-state index is 13.2. The van der Waals surface area contributed by atoms with Gasteiger partial charge < -0.3 is 15.5 Å². The Hall–Kier alpha value is -3.25. The predicted octanol–water partition coefficient (Wildman–Crippen LogP) is 4.83. The van der Waals surface area contributed by atoms with E-state index >= 15 is 0 Å². The van der Waals surface area contributed by atoms with Gasteiger partial charge in [0.1, 0.15) is 5.82 Å². The first-order valence-electron chi connectivity index (χ1n) is 11.9. The van der Waals surface area contributed by atoms with Crippen molar-refractivity contribution in [2.24, 2.45) is 17.8 Å². The lowest BCUT2D eigenvalue weighted by molar-refractivity contribution is -0.130. The molecule has 1 aliphatic rings. The summed E-state index contributed by atoms with van der Waals surface area (Å²) < 4.78 is 13.2. The quantitative estimate of drug-likeness (QED) is 0.530. The summed E-state index contributed by atoms with van der Waals surface area (Å²) >= 11 is 0. The van der Waals surface area contributed by atoms with Crippen LogP contribution in [0.15, 0.2) is 66.7 Å². The molecule has 1 heterocycles. The molecule has 0 bridgehead atoms. The molecule has 5 nitrogen and oxygen atoms in total. The summed E-state index contributed by atoms with van der Waals surface area (Å²) in [6.45, 7) is 6.80. The number of nitrogens with zero attached hydrogens (tertiary/aromatic N) is 1. The topological polar surface area (TPSA) is 61.4 Å². The van der Waals surface area contributed by atoms with Crippen molar-refractivity contribution >= 4 is 28.3 Å². The van der Waals surface area contributed by atoms with Gasteiger partial charge in [-0.25, -0.2) is 4.39 Å². The normalized spacial score (nSPS) is 18.7.